The van der Waals surface area contributed by atoms with Crippen molar-refractivity contribution in [3.8, 4) is 5.75 Å². The van der Waals surface area contributed by atoms with Gasteiger partial charge >= 0.3 is 5.97 Å². The highest BCUT2D eigenvalue weighted by molar-refractivity contribution is 8.18. The molecule has 7 heteroatoms. The molecule has 0 atom stereocenters. The molecule has 0 saturated carbocycles. The molecule has 178 valence electrons. The van der Waals surface area contributed by atoms with Gasteiger partial charge in [0, 0.05) is 7.05 Å². The highest BCUT2D eigenvalue weighted by Crippen LogP contribution is 2.33. The molecule has 3 aromatic rings. The first kappa shape index (κ1) is 24.3. The van der Waals surface area contributed by atoms with E-state index >= 15 is 0 Å². The van der Waals surface area contributed by atoms with Crippen molar-refractivity contribution in [2.24, 2.45) is 4.99 Å². The van der Waals surface area contributed by atoms with E-state index in [1.165, 1.54) is 22.2 Å². The van der Waals surface area contributed by atoms with Crippen LogP contribution in [0.4, 0.5) is 5.69 Å². The molecule has 0 spiro atoms. The molecular formula is C28H26N2O4S. The zero-order chi connectivity index (χ0) is 24.8. The van der Waals surface area contributed by atoms with Gasteiger partial charge in [-0.25, -0.2) is 9.79 Å². The van der Waals surface area contributed by atoms with Crippen LogP contribution >= 0.6 is 11.8 Å². The van der Waals surface area contributed by atoms with Gasteiger partial charge in [-0.15, -0.1) is 0 Å². The van der Waals surface area contributed by atoms with Gasteiger partial charge in [0.25, 0.3) is 5.91 Å². The molecule has 1 aliphatic heterocycles. The normalized spacial score (nSPS) is 15.6. The van der Waals surface area contributed by atoms with Crippen molar-refractivity contribution in [2.75, 3.05) is 13.7 Å². The first-order chi connectivity index (χ1) is 16.9. The van der Waals surface area contributed by atoms with Crippen LogP contribution in [0.3, 0.4) is 0 Å². The van der Waals surface area contributed by atoms with Crippen LogP contribution in [0.1, 0.15) is 34.0 Å². The van der Waals surface area contributed by atoms with Gasteiger partial charge in [0.2, 0.25) is 0 Å². The van der Waals surface area contributed by atoms with Crippen LogP contribution in [-0.4, -0.2) is 35.6 Å². The summed E-state index contributed by atoms with van der Waals surface area (Å²) < 4.78 is 10.9. The fourth-order valence-electron chi connectivity index (χ4n) is 3.31. The van der Waals surface area contributed by atoms with E-state index in [0.717, 1.165) is 16.9 Å². The molecule has 0 unspecified atom stereocenters. The number of hydrogen-bond acceptors (Lipinski definition) is 6. The number of benzene rings is 3. The number of carbonyl (C=O) groups excluding carboxylic acids is 2. The van der Waals surface area contributed by atoms with Crippen LogP contribution in [0.5, 0.6) is 5.75 Å². The largest absolute Gasteiger partial charge is 0.489 e. The average molecular weight is 487 g/mol. The summed E-state index contributed by atoms with van der Waals surface area (Å²) in [6.45, 7) is 4.65. The van der Waals surface area contributed by atoms with Gasteiger partial charge in [-0.1, -0.05) is 42.0 Å². The topological polar surface area (TPSA) is 68.2 Å². The second-order valence-corrected chi connectivity index (χ2v) is 8.99. The number of likely N-dealkylation sites (N-methyl/N-ethyl adjacent to an activating group) is 1. The van der Waals surface area contributed by atoms with Gasteiger partial charge in [-0.2, -0.15) is 0 Å². The number of aryl methyl sites for hydroxylation is 1. The van der Waals surface area contributed by atoms with Gasteiger partial charge in [0.1, 0.15) is 12.4 Å². The molecule has 35 heavy (non-hydrogen) atoms. The quantitative estimate of drug-likeness (QED) is 0.303. The number of aliphatic imine (C=N–C) groups is 1. The lowest BCUT2D eigenvalue weighted by Gasteiger charge is -2.07. The molecule has 0 bridgehead atoms. The summed E-state index contributed by atoms with van der Waals surface area (Å²) in [5.41, 5.74) is 4.34. The lowest BCUT2D eigenvalue weighted by molar-refractivity contribution is -0.121. The first-order valence-electron chi connectivity index (χ1n) is 11.2. The van der Waals surface area contributed by atoms with Crippen LogP contribution in [0.25, 0.3) is 6.08 Å². The van der Waals surface area contributed by atoms with E-state index in [1.54, 1.807) is 38.2 Å². The molecular weight excluding hydrogens is 460 g/mol. The number of ether oxygens (including phenoxy) is 2. The Morgan fingerprint density at radius 1 is 1.00 bits per heavy atom. The van der Waals surface area contributed by atoms with E-state index in [-0.39, 0.29) is 11.9 Å². The number of carbonyl (C=O) groups is 2. The maximum Gasteiger partial charge on any atom is 0.338 e. The molecule has 1 aliphatic rings. The fourth-order valence-corrected chi connectivity index (χ4v) is 4.30. The molecule has 1 heterocycles. The Balaban J connectivity index is 1.41. The zero-order valence-electron chi connectivity index (χ0n) is 19.9. The number of thioether (sulfide) groups is 1. The summed E-state index contributed by atoms with van der Waals surface area (Å²) in [4.78, 5) is 31.2. The average Bonchev–Trinajstić information content (AvgIpc) is 3.12. The van der Waals surface area contributed by atoms with E-state index in [4.69, 9.17) is 9.47 Å². The van der Waals surface area contributed by atoms with Crippen molar-refractivity contribution in [1.82, 2.24) is 4.90 Å². The molecule has 4 rings (SSSR count). The van der Waals surface area contributed by atoms with E-state index in [9.17, 15) is 9.59 Å². The van der Waals surface area contributed by atoms with Crippen molar-refractivity contribution < 1.29 is 19.1 Å². The molecule has 0 radical (unpaired) electrons. The van der Waals surface area contributed by atoms with E-state index < -0.39 is 0 Å². The second-order valence-electron chi connectivity index (χ2n) is 7.98. The molecule has 1 fully saturated rings. The molecule has 1 saturated heterocycles. The Morgan fingerprint density at radius 2 is 1.69 bits per heavy atom. The third kappa shape index (κ3) is 6.19. The highest BCUT2D eigenvalue weighted by Gasteiger charge is 2.30. The molecule has 6 nitrogen and oxygen atoms in total. The van der Waals surface area contributed by atoms with Crippen molar-refractivity contribution in [3.05, 3.63) is 100.0 Å². The Hall–Kier alpha value is -3.84. The van der Waals surface area contributed by atoms with Crippen LogP contribution in [-0.2, 0) is 16.1 Å². The number of amides is 1. The number of rotatable bonds is 7. The van der Waals surface area contributed by atoms with Crippen molar-refractivity contribution >= 4 is 40.6 Å². The molecule has 0 aliphatic carbocycles. The maximum atomic E-state index is 12.7. The van der Waals surface area contributed by atoms with Crippen LogP contribution < -0.4 is 4.74 Å². The van der Waals surface area contributed by atoms with Gasteiger partial charge < -0.3 is 9.47 Å². The first-order valence-corrected chi connectivity index (χ1v) is 12.1. The summed E-state index contributed by atoms with van der Waals surface area (Å²) in [5.74, 6) is 0.284. The maximum absolute atomic E-state index is 12.7. The van der Waals surface area contributed by atoms with E-state index in [1.807, 2.05) is 30.3 Å². The third-order valence-electron chi connectivity index (χ3n) is 5.31. The minimum atomic E-state index is -0.369. The lowest BCUT2D eigenvalue weighted by Crippen LogP contribution is -2.23. The summed E-state index contributed by atoms with van der Waals surface area (Å²) in [6, 6.07) is 22.7. The van der Waals surface area contributed by atoms with Crippen molar-refractivity contribution in [3.63, 3.8) is 0 Å². The van der Waals surface area contributed by atoms with Crippen molar-refractivity contribution in [2.45, 2.75) is 20.5 Å². The SMILES string of the molecule is CCOC(=O)c1ccc(N=C2SC(=Cc3ccc(OCc4ccc(C)cc4)cc3)C(=O)N2C)cc1. The Labute approximate surface area is 209 Å². The molecule has 0 N–H and O–H groups in total. The van der Waals surface area contributed by atoms with Gasteiger partial charge in [-0.05, 0) is 79.2 Å². The summed E-state index contributed by atoms with van der Waals surface area (Å²) in [5, 5.41) is 0.572. The summed E-state index contributed by atoms with van der Waals surface area (Å²) in [7, 11) is 1.70. The lowest BCUT2D eigenvalue weighted by atomic mass is 10.1. The van der Waals surface area contributed by atoms with Gasteiger partial charge in [-0.3, -0.25) is 9.69 Å². The van der Waals surface area contributed by atoms with Crippen LogP contribution in [0, 0.1) is 6.92 Å². The Bertz CT molecular complexity index is 1260. The van der Waals surface area contributed by atoms with Crippen molar-refractivity contribution in [1.29, 1.82) is 0 Å². The zero-order valence-corrected chi connectivity index (χ0v) is 20.7. The predicted octanol–water partition coefficient (Wildman–Crippen LogP) is 5.98. The minimum Gasteiger partial charge on any atom is -0.489 e. The standard InChI is InChI=1S/C28H26N2O4S/c1-4-33-27(32)22-11-13-23(14-12-22)29-28-30(3)26(31)25(35-28)17-20-9-15-24(16-10-20)34-18-21-7-5-19(2)6-8-21/h5-17H,4,18H2,1-3H3. The molecule has 3 aromatic carbocycles. The second kappa shape index (κ2) is 11.1. The monoisotopic (exact) mass is 486 g/mol. The number of hydrogen-bond donors (Lipinski definition) is 0. The molecule has 0 aromatic heterocycles. The van der Waals surface area contributed by atoms with E-state index in [0.29, 0.717) is 34.5 Å². The van der Waals surface area contributed by atoms with Crippen LogP contribution in [0.15, 0.2) is 82.7 Å². The Morgan fingerprint density at radius 3 is 2.34 bits per heavy atom. The third-order valence-corrected chi connectivity index (χ3v) is 6.37. The molecule has 1 amide bonds. The summed E-state index contributed by atoms with van der Waals surface area (Å²) in [6.07, 6.45) is 1.85. The van der Waals surface area contributed by atoms with Gasteiger partial charge in [0.05, 0.1) is 22.8 Å². The fraction of sp³-hybridized carbons (Fsp3) is 0.179. The number of amidine groups is 1. The van der Waals surface area contributed by atoms with Gasteiger partial charge in [0.15, 0.2) is 5.17 Å². The minimum absolute atomic E-state index is 0.114. The summed E-state index contributed by atoms with van der Waals surface area (Å²) >= 11 is 1.31. The van der Waals surface area contributed by atoms with E-state index in [2.05, 4.69) is 36.2 Å². The Kier molecular flexibility index (Phi) is 7.67. The number of nitrogens with zero attached hydrogens (tertiary/aromatic N) is 2. The predicted molar refractivity (Wildman–Crippen MR) is 140 cm³/mol. The smallest absolute Gasteiger partial charge is 0.338 e. The van der Waals surface area contributed by atoms with Crippen LogP contribution in [0.2, 0.25) is 0 Å². The number of esters is 1. The highest BCUT2D eigenvalue weighted by atomic mass is 32.2.